The Balaban J connectivity index is 1.84. The molecule has 4 nitrogen and oxygen atoms in total. The summed E-state index contributed by atoms with van der Waals surface area (Å²) in [6, 6.07) is 3.67. The van der Waals surface area contributed by atoms with Crippen LogP contribution in [0, 0.1) is 6.92 Å². The van der Waals surface area contributed by atoms with E-state index in [4.69, 9.17) is 16.6 Å². The lowest BCUT2D eigenvalue weighted by atomic mass is 10.4. The van der Waals surface area contributed by atoms with Crippen molar-refractivity contribution < 1.29 is 9.21 Å². The van der Waals surface area contributed by atoms with Crippen LogP contribution in [0.25, 0.3) is 6.08 Å². The maximum Gasteiger partial charge on any atom is 0.250 e. The predicted molar refractivity (Wildman–Crippen MR) is 74.0 cm³/mol. The second kappa shape index (κ2) is 5.82. The molecule has 1 fully saturated rings. The zero-order chi connectivity index (χ0) is 13.0. The maximum atomic E-state index is 11.6. The molecule has 0 aromatic carbocycles. The SMILES string of the molecule is Cc1ccc(C=CC(=O)NC(=S)N2CCCC2)o1. The fourth-order valence-corrected chi connectivity index (χ4v) is 2.13. The highest BCUT2D eigenvalue weighted by atomic mass is 32.1. The molecule has 1 saturated heterocycles. The van der Waals surface area contributed by atoms with Crippen molar-refractivity contribution in [2.75, 3.05) is 13.1 Å². The Morgan fingerprint density at radius 1 is 1.44 bits per heavy atom. The second-order valence-corrected chi connectivity index (χ2v) is 4.66. The first-order valence-corrected chi connectivity index (χ1v) is 6.40. The minimum absolute atomic E-state index is 0.221. The number of hydrogen-bond acceptors (Lipinski definition) is 3. The molecular weight excluding hydrogens is 248 g/mol. The molecule has 5 heteroatoms. The van der Waals surface area contributed by atoms with Gasteiger partial charge >= 0.3 is 0 Å². The van der Waals surface area contributed by atoms with E-state index in [2.05, 4.69) is 5.32 Å². The van der Waals surface area contributed by atoms with Crippen LogP contribution in [0.3, 0.4) is 0 Å². The van der Waals surface area contributed by atoms with Gasteiger partial charge in [-0.25, -0.2) is 0 Å². The number of carbonyl (C=O) groups is 1. The van der Waals surface area contributed by atoms with Gasteiger partial charge in [-0.1, -0.05) is 0 Å². The Labute approximate surface area is 112 Å². The fraction of sp³-hybridized carbons (Fsp3) is 0.385. The average Bonchev–Trinajstić information content (AvgIpc) is 2.97. The summed E-state index contributed by atoms with van der Waals surface area (Å²) in [4.78, 5) is 13.6. The third-order valence-corrected chi connectivity index (χ3v) is 3.14. The number of nitrogens with zero attached hydrogens (tertiary/aromatic N) is 1. The summed E-state index contributed by atoms with van der Waals surface area (Å²) in [6.07, 6.45) is 5.34. The monoisotopic (exact) mass is 264 g/mol. The van der Waals surface area contributed by atoms with Crippen molar-refractivity contribution in [3.8, 4) is 0 Å². The smallest absolute Gasteiger partial charge is 0.250 e. The van der Waals surface area contributed by atoms with Gasteiger partial charge in [-0.3, -0.25) is 10.1 Å². The summed E-state index contributed by atoms with van der Waals surface area (Å²) in [6.45, 7) is 3.72. The van der Waals surface area contributed by atoms with Gasteiger partial charge in [0.15, 0.2) is 5.11 Å². The number of hydrogen-bond donors (Lipinski definition) is 1. The van der Waals surface area contributed by atoms with Gasteiger partial charge in [-0.2, -0.15) is 0 Å². The standard InChI is InChI=1S/C13H16N2O2S/c1-10-4-5-11(17-10)6-7-12(16)14-13(18)15-8-2-3-9-15/h4-7H,2-3,8-9H2,1H3,(H,14,16,18). The zero-order valence-corrected chi connectivity index (χ0v) is 11.1. The molecular formula is C13H16N2O2S. The number of thiocarbonyl (C=S) groups is 1. The van der Waals surface area contributed by atoms with E-state index in [-0.39, 0.29) is 5.91 Å². The number of furan rings is 1. The molecule has 1 N–H and O–H groups in total. The van der Waals surface area contributed by atoms with Gasteiger partial charge in [0.25, 0.3) is 0 Å². The Morgan fingerprint density at radius 2 is 2.17 bits per heavy atom. The van der Waals surface area contributed by atoms with E-state index in [9.17, 15) is 4.79 Å². The highest BCUT2D eigenvalue weighted by Crippen LogP contribution is 2.08. The number of aryl methyl sites for hydroxylation is 1. The topological polar surface area (TPSA) is 45.5 Å². The van der Waals surface area contributed by atoms with Crippen molar-refractivity contribution in [2.45, 2.75) is 19.8 Å². The van der Waals surface area contributed by atoms with Crippen LogP contribution in [-0.2, 0) is 4.79 Å². The molecule has 1 aromatic heterocycles. The number of carbonyl (C=O) groups excluding carboxylic acids is 1. The molecule has 0 saturated carbocycles. The quantitative estimate of drug-likeness (QED) is 0.656. The van der Waals surface area contributed by atoms with E-state index >= 15 is 0 Å². The number of nitrogens with one attached hydrogen (secondary N) is 1. The first kappa shape index (κ1) is 12.8. The molecule has 1 amide bonds. The third kappa shape index (κ3) is 3.43. The van der Waals surface area contributed by atoms with Crippen LogP contribution in [-0.4, -0.2) is 29.0 Å². The van der Waals surface area contributed by atoms with Gasteiger partial charge in [-0.05, 0) is 50.2 Å². The van der Waals surface area contributed by atoms with Crippen molar-refractivity contribution in [3.05, 3.63) is 29.7 Å². The van der Waals surface area contributed by atoms with Crippen LogP contribution in [0.4, 0.5) is 0 Å². The minimum Gasteiger partial charge on any atom is -0.462 e. The van der Waals surface area contributed by atoms with Gasteiger partial charge in [0, 0.05) is 19.2 Å². The molecule has 0 bridgehead atoms. The van der Waals surface area contributed by atoms with E-state index in [1.807, 2.05) is 24.0 Å². The molecule has 2 rings (SSSR count). The lowest BCUT2D eigenvalue weighted by Crippen LogP contribution is -2.40. The highest BCUT2D eigenvalue weighted by molar-refractivity contribution is 7.80. The molecule has 0 atom stereocenters. The first-order valence-electron chi connectivity index (χ1n) is 5.99. The lowest BCUT2D eigenvalue weighted by Gasteiger charge is -2.17. The van der Waals surface area contributed by atoms with Crippen molar-refractivity contribution in [1.82, 2.24) is 10.2 Å². The normalized spacial score (nSPS) is 15.3. The molecule has 18 heavy (non-hydrogen) atoms. The Morgan fingerprint density at radius 3 is 2.78 bits per heavy atom. The van der Waals surface area contributed by atoms with E-state index in [0.717, 1.165) is 31.7 Å². The van der Waals surface area contributed by atoms with E-state index in [1.54, 1.807) is 6.08 Å². The summed E-state index contributed by atoms with van der Waals surface area (Å²) in [5.41, 5.74) is 0. The maximum absolute atomic E-state index is 11.6. The van der Waals surface area contributed by atoms with Gasteiger partial charge in [0.05, 0.1) is 0 Å². The molecule has 0 aliphatic carbocycles. The molecule has 0 radical (unpaired) electrons. The summed E-state index contributed by atoms with van der Waals surface area (Å²) in [5, 5.41) is 3.20. The van der Waals surface area contributed by atoms with Gasteiger partial charge in [0.2, 0.25) is 5.91 Å². The summed E-state index contributed by atoms with van der Waals surface area (Å²) >= 11 is 5.16. The predicted octanol–water partition coefficient (Wildman–Crippen LogP) is 2.10. The summed E-state index contributed by atoms with van der Waals surface area (Å²) in [7, 11) is 0. The number of amides is 1. The van der Waals surface area contributed by atoms with Crippen molar-refractivity contribution in [3.63, 3.8) is 0 Å². The Bertz CT molecular complexity index is 473. The van der Waals surface area contributed by atoms with Crippen LogP contribution >= 0.6 is 12.2 Å². The van der Waals surface area contributed by atoms with Crippen LogP contribution in [0.15, 0.2) is 22.6 Å². The average molecular weight is 264 g/mol. The summed E-state index contributed by atoms with van der Waals surface area (Å²) < 4.78 is 5.33. The van der Waals surface area contributed by atoms with E-state index in [1.165, 1.54) is 6.08 Å². The zero-order valence-electron chi connectivity index (χ0n) is 10.3. The second-order valence-electron chi connectivity index (χ2n) is 4.27. The van der Waals surface area contributed by atoms with Crippen LogP contribution in [0.2, 0.25) is 0 Å². The van der Waals surface area contributed by atoms with Crippen LogP contribution in [0.5, 0.6) is 0 Å². The number of likely N-dealkylation sites (tertiary alicyclic amines) is 1. The van der Waals surface area contributed by atoms with Gasteiger partial charge in [-0.15, -0.1) is 0 Å². The van der Waals surface area contributed by atoms with Crippen molar-refractivity contribution in [2.24, 2.45) is 0 Å². The fourth-order valence-electron chi connectivity index (χ4n) is 1.85. The molecule has 1 aliphatic heterocycles. The molecule has 1 aliphatic rings. The lowest BCUT2D eigenvalue weighted by molar-refractivity contribution is -0.115. The first-order chi connectivity index (χ1) is 8.65. The molecule has 1 aromatic rings. The molecule has 0 unspecified atom stereocenters. The third-order valence-electron chi connectivity index (χ3n) is 2.78. The molecule has 0 spiro atoms. The van der Waals surface area contributed by atoms with E-state index < -0.39 is 0 Å². The van der Waals surface area contributed by atoms with Crippen molar-refractivity contribution >= 4 is 29.3 Å². The van der Waals surface area contributed by atoms with Crippen molar-refractivity contribution in [1.29, 1.82) is 0 Å². The Hall–Kier alpha value is -1.62. The van der Waals surface area contributed by atoms with Gasteiger partial charge < -0.3 is 9.32 Å². The molecule has 2 heterocycles. The van der Waals surface area contributed by atoms with Crippen LogP contribution in [0.1, 0.15) is 24.4 Å². The largest absolute Gasteiger partial charge is 0.462 e. The van der Waals surface area contributed by atoms with Crippen LogP contribution < -0.4 is 5.32 Å². The molecule has 96 valence electrons. The highest BCUT2D eigenvalue weighted by Gasteiger charge is 2.15. The Kier molecular flexibility index (Phi) is 4.15. The summed E-state index contributed by atoms with van der Waals surface area (Å²) in [5.74, 6) is 1.26. The number of rotatable bonds is 2. The van der Waals surface area contributed by atoms with E-state index in [0.29, 0.717) is 10.9 Å². The minimum atomic E-state index is -0.221. The van der Waals surface area contributed by atoms with Gasteiger partial charge in [0.1, 0.15) is 11.5 Å².